The molecule has 2 aromatic heterocycles. The van der Waals surface area contributed by atoms with E-state index in [1.54, 1.807) is 30.9 Å². The molecular weight excluding hydrogens is 368 g/mol. The monoisotopic (exact) mass is 394 g/mol. The van der Waals surface area contributed by atoms with Crippen molar-refractivity contribution in [2.45, 2.75) is 18.9 Å². The van der Waals surface area contributed by atoms with E-state index >= 15 is 0 Å². The largest absolute Gasteiger partial charge is 0.360 e. The first-order valence-electron chi connectivity index (χ1n) is 10.0. The van der Waals surface area contributed by atoms with Gasteiger partial charge in [-0.05, 0) is 31.9 Å². The Bertz CT molecular complexity index is 932. The third kappa shape index (κ3) is 4.54. The van der Waals surface area contributed by atoms with Gasteiger partial charge in [-0.1, -0.05) is 6.08 Å². The van der Waals surface area contributed by atoms with Crippen molar-refractivity contribution in [2.75, 3.05) is 38.1 Å². The number of anilines is 1. The number of aromatic nitrogens is 3. The molecule has 2 N–H and O–H groups in total. The second-order valence-electron chi connectivity index (χ2n) is 7.65. The van der Waals surface area contributed by atoms with Gasteiger partial charge in [0.05, 0.1) is 17.9 Å². The first-order valence-corrected chi connectivity index (χ1v) is 10.0. The number of H-pyrrole nitrogens is 1. The van der Waals surface area contributed by atoms with E-state index in [1.165, 1.54) is 12.8 Å². The molecule has 2 aromatic rings. The predicted octanol–water partition coefficient (Wildman–Crippen LogP) is 1.03. The second-order valence-corrected chi connectivity index (χ2v) is 7.65. The standard InChI is InChI=1S/C21H26N6O2/c1-22-6-2-3-20(28)26-13-17(14-26)27(12-15-4-5-15)19-9-16(10-25-21(19)29)18-11-23-7-8-24-18/h2-3,7-11,15,17,22H,4-6,12-14H2,1H3,(H,25,29). The summed E-state index contributed by atoms with van der Waals surface area (Å²) in [5, 5.41) is 2.99. The van der Waals surface area contributed by atoms with Crippen LogP contribution in [0.3, 0.4) is 0 Å². The third-order valence-electron chi connectivity index (χ3n) is 5.40. The van der Waals surface area contributed by atoms with E-state index in [0.717, 1.165) is 17.8 Å². The number of carbonyl (C=O) groups is 1. The Kier molecular flexibility index (Phi) is 5.71. The Morgan fingerprint density at radius 2 is 2.21 bits per heavy atom. The molecular formula is C21H26N6O2. The maximum Gasteiger partial charge on any atom is 0.271 e. The van der Waals surface area contributed by atoms with Crippen LogP contribution in [0.5, 0.6) is 0 Å². The summed E-state index contributed by atoms with van der Waals surface area (Å²) in [5.74, 6) is 0.639. The van der Waals surface area contributed by atoms with Gasteiger partial charge in [0.15, 0.2) is 0 Å². The van der Waals surface area contributed by atoms with Crippen LogP contribution in [0.4, 0.5) is 5.69 Å². The molecule has 1 saturated heterocycles. The van der Waals surface area contributed by atoms with Crippen LogP contribution in [0.15, 0.2) is 47.8 Å². The summed E-state index contributed by atoms with van der Waals surface area (Å²) in [6.45, 7) is 2.77. The number of nitrogens with zero attached hydrogens (tertiary/aromatic N) is 4. The van der Waals surface area contributed by atoms with Crippen LogP contribution in [-0.4, -0.2) is 65.0 Å². The fourth-order valence-electron chi connectivity index (χ4n) is 3.52. The minimum absolute atomic E-state index is 0.0186. The Labute approximate surface area is 169 Å². The number of rotatable bonds is 8. The summed E-state index contributed by atoms with van der Waals surface area (Å²) in [4.78, 5) is 40.2. The van der Waals surface area contributed by atoms with Crippen molar-refractivity contribution in [3.63, 3.8) is 0 Å². The molecule has 0 bridgehead atoms. The van der Waals surface area contributed by atoms with Gasteiger partial charge >= 0.3 is 0 Å². The lowest BCUT2D eigenvalue weighted by Gasteiger charge is -2.46. The van der Waals surface area contributed by atoms with Crippen LogP contribution in [0, 0.1) is 5.92 Å². The number of hydrogen-bond acceptors (Lipinski definition) is 6. The van der Waals surface area contributed by atoms with Crippen LogP contribution in [-0.2, 0) is 4.79 Å². The zero-order chi connectivity index (χ0) is 20.2. The van der Waals surface area contributed by atoms with Crippen molar-refractivity contribution in [3.8, 4) is 11.3 Å². The Balaban J connectivity index is 1.52. The average Bonchev–Trinajstić information content (AvgIpc) is 3.52. The van der Waals surface area contributed by atoms with Gasteiger partial charge in [0.1, 0.15) is 5.69 Å². The average molecular weight is 394 g/mol. The van der Waals surface area contributed by atoms with Crippen molar-refractivity contribution in [1.82, 2.24) is 25.2 Å². The number of amides is 1. The molecule has 1 saturated carbocycles. The molecule has 1 aliphatic carbocycles. The lowest BCUT2D eigenvalue weighted by atomic mass is 10.0. The van der Waals surface area contributed by atoms with Crippen LogP contribution < -0.4 is 15.8 Å². The lowest BCUT2D eigenvalue weighted by Crippen LogP contribution is -2.62. The summed E-state index contributed by atoms with van der Waals surface area (Å²) in [5.41, 5.74) is 2.08. The van der Waals surface area contributed by atoms with Crippen LogP contribution in [0.2, 0.25) is 0 Å². The summed E-state index contributed by atoms with van der Waals surface area (Å²) < 4.78 is 0. The van der Waals surface area contributed by atoms with Gasteiger partial charge in [0.2, 0.25) is 5.91 Å². The molecule has 3 heterocycles. The number of nitrogens with one attached hydrogen (secondary N) is 2. The number of pyridine rings is 1. The Morgan fingerprint density at radius 1 is 1.38 bits per heavy atom. The van der Waals surface area contributed by atoms with E-state index < -0.39 is 0 Å². The van der Waals surface area contributed by atoms with E-state index in [4.69, 9.17) is 0 Å². The van der Waals surface area contributed by atoms with Gasteiger partial charge in [-0.2, -0.15) is 0 Å². The molecule has 2 aliphatic rings. The molecule has 0 atom stereocenters. The first-order chi connectivity index (χ1) is 14.2. The van der Waals surface area contributed by atoms with Gasteiger partial charge in [-0.3, -0.25) is 19.6 Å². The van der Waals surface area contributed by atoms with E-state index in [0.29, 0.717) is 31.2 Å². The van der Waals surface area contributed by atoms with Crippen molar-refractivity contribution in [1.29, 1.82) is 0 Å². The third-order valence-corrected chi connectivity index (χ3v) is 5.40. The summed E-state index contributed by atoms with van der Waals surface area (Å²) in [7, 11) is 1.84. The highest BCUT2D eigenvalue weighted by Crippen LogP contribution is 2.33. The zero-order valence-electron chi connectivity index (χ0n) is 16.5. The molecule has 4 rings (SSSR count). The van der Waals surface area contributed by atoms with Crippen molar-refractivity contribution < 1.29 is 4.79 Å². The van der Waals surface area contributed by atoms with Crippen LogP contribution in [0.1, 0.15) is 12.8 Å². The molecule has 29 heavy (non-hydrogen) atoms. The maximum atomic E-state index is 12.6. The van der Waals surface area contributed by atoms with Crippen molar-refractivity contribution >= 4 is 11.6 Å². The predicted molar refractivity (Wildman–Crippen MR) is 112 cm³/mol. The van der Waals surface area contributed by atoms with E-state index in [1.807, 2.05) is 24.1 Å². The molecule has 8 nitrogen and oxygen atoms in total. The molecule has 152 valence electrons. The van der Waals surface area contributed by atoms with Crippen LogP contribution in [0.25, 0.3) is 11.3 Å². The van der Waals surface area contributed by atoms with Crippen molar-refractivity contribution in [3.05, 3.63) is 53.4 Å². The van der Waals surface area contributed by atoms with E-state index in [9.17, 15) is 9.59 Å². The number of likely N-dealkylation sites (tertiary alicyclic amines) is 1. The summed E-state index contributed by atoms with van der Waals surface area (Å²) in [6.07, 6.45) is 12.4. The van der Waals surface area contributed by atoms with Gasteiger partial charge in [-0.25, -0.2) is 0 Å². The summed E-state index contributed by atoms with van der Waals surface area (Å²) in [6, 6.07) is 2.04. The fourth-order valence-corrected chi connectivity index (χ4v) is 3.52. The number of hydrogen-bond donors (Lipinski definition) is 2. The van der Waals surface area contributed by atoms with Gasteiger partial charge < -0.3 is 20.1 Å². The first kappa shape index (κ1) is 19.3. The highest BCUT2D eigenvalue weighted by molar-refractivity contribution is 5.88. The molecule has 0 aromatic carbocycles. The minimum atomic E-state index is -0.114. The zero-order valence-corrected chi connectivity index (χ0v) is 16.5. The van der Waals surface area contributed by atoms with E-state index in [2.05, 4.69) is 25.2 Å². The fraction of sp³-hybridized carbons (Fsp3) is 0.429. The molecule has 0 unspecified atom stereocenters. The Hall–Kier alpha value is -3.00. The molecule has 0 radical (unpaired) electrons. The smallest absolute Gasteiger partial charge is 0.271 e. The Morgan fingerprint density at radius 3 is 2.90 bits per heavy atom. The normalized spacial score (nSPS) is 16.8. The lowest BCUT2D eigenvalue weighted by molar-refractivity contribution is -0.130. The number of likely N-dealkylation sites (N-methyl/N-ethyl adjacent to an activating group) is 1. The second kappa shape index (κ2) is 8.57. The maximum absolute atomic E-state index is 12.6. The van der Waals surface area contributed by atoms with Gasteiger partial charge in [-0.15, -0.1) is 0 Å². The number of aromatic amines is 1. The summed E-state index contributed by atoms with van der Waals surface area (Å²) >= 11 is 0. The van der Waals surface area contributed by atoms with Gasteiger partial charge in [0, 0.05) is 56.4 Å². The topological polar surface area (TPSA) is 94.2 Å². The number of carbonyl (C=O) groups excluding carboxylic acids is 1. The van der Waals surface area contributed by atoms with Crippen molar-refractivity contribution in [2.24, 2.45) is 5.92 Å². The van der Waals surface area contributed by atoms with E-state index in [-0.39, 0.29) is 17.5 Å². The highest BCUT2D eigenvalue weighted by Gasteiger charge is 2.37. The molecule has 0 spiro atoms. The minimum Gasteiger partial charge on any atom is -0.360 e. The molecule has 1 amide bonds. The van der Waals surface area contributed by atoms with Gasteiger partial charge in [0.25, 0.3) is 5.56 Å². The quantitative estimate of drug-likeness (QED) is 0.650. The molecule has 1 aliphatic heterocycles. The molecule has 8 heteroatoms. The SMILES string of the molecule is CNCC=CC(=O)N1CC(N(CC2CC2)c2cc(-c3cnccn3)c[nH]c2=O)C1. The highest BCUT2D eigenvalue weighted by atomic mass is 16.2. The molecule has 2 fully saturated rings. The van der Waals surface area contributed by atoms with Crippen LogP contribution >= 0.6 is 0 Å².